The lowest BCUT2D eigenvalue weighted by Gasteiger charge is -2.29. The van der Waals surface area contributed by atoms with E-state index in [1.54, 1.807) is 0 Å². The summed E-state index contributed by atoms with van der Waals surface area (Å²) in [6.45, 7) is 3.17. The van der Waals surface area contributed by atoms with Crippen molar-refractivity contribution >= 4 is 51.2 Å². The molecule has 0 bridgehead atoms. The van der Waals surface area contributed by atoms with Gasteiger partial charge in [0, 0.05) is 35.2 Å². The zero-order valence-corrected chi connectivity index (χ0v) is 16.7. The molecule has 0 spiro atoms. The van der Waals surface area contributed by atoms with Gasteiger partial charge in [0.15, 0.2) is 0 Å². The topological polar surface area (TPSA) is 25.2 Å². The SMILES string of the molecule is CCCn1cc(/C=C2/SC(=S)N(C3CCCCC3)C2=O)c2ccccc21. The van der Waals surface area contributed by atoms with Crippen LogP contribution in [-0.4, -0.2) is 25.7 Å². The highest BCUT2D eigenvalue weighted by Gasteiger charge is 2.37. The van der Waals surface area contributed by atoms with E-state index < -0.39 is 0 Å². The molecule has 1 aliphatic heterocycles. The summed E-state index contributed by atoms with van der Waals surface area (Å²) < 4.78 is 3.01. The lowest BCUT2D eigenvalue weighted by Crippen LogP contribution is -2.39. The van der Waals surface area contributed by atoms with E-state index >= 15 is 0 Å². The van der Waals surface area contributed by atoms with E-state index in [-0.39, 0.29) is 5.91 Å². The average Bonchev–Trinajstić information content (AvgIpc) is 3.14. The number of fused-ring (bicyclic) bond motifs is 1. The maximum Gasteiger partial charge on any atom is 0.266 e. The van der Waals surface area contributed by atoms with Crippen molar-refractivity contribution in [3.8, 4) is 0 Å². The predicted octanol–water partition coefficient (Wildman–Crippen LogP) is 5.59. The fourth-order valence-corrected chi connectivity index (χ4v) is 5.48. The van der Waals surface area contributed by atoms with Crippen LogP contribution in [0.15, 0.2) is 35.4 Å². The Bertz CT molecular complexity index is 877. The number of thioether (sulfide) groups is 1. The van der Waals surface area contributed by atoms with Gasteiger partial charge in [0.25, 0.3) is 5.91 Å². The molecule has 0 atom stereocenters. The van der Waals surface area contributed by atoms with Gasteiger partial charge in [0.2, 0.25) is 0 Å². The average molecular weight is 385 g/mol. The molecular weight excluding hydrogens is 360 g/mol. The Kier molecular flexibility index (Phi) is 5.18. The molecule has 2 aromatic rings. The summed E-state index contributed by atoms with van der Waals surface area (Å²) in [5.74, 6) is 0.0965. The van der Waals surface area contributed by atoms with Crippen molar-refractivity contribution in [3.63, 3.8) is 0 Å². The first kappa shape index (κ1) is 17.8. The van der Waals surface area contributed by atoms with Gasteiger partial charge in [-0.1, -0.05) is 68.4 Å². The molecule has 3 nitrogen and oxygen atoms in total. The van der Waals surface area contributed by atoms with Crippen molar-refractivity contribution in [2.24, 2.45) is 0 Å². The van der Waals surface area contributed by atoms with Crippen LogP contribution in [0.5, 0.6) is 0 Å². The number of thiocarbonyl (C=S) groups is 1. The number of benzene rings is 1. The first-order valence-electron chi connectivity index (χ1n) is 9.54. The number of hydrogen-bond acceptors (Lipinski definition) is 3. The van der Waals surface area contributed by atoms with Gasteiger partial charge in [-0.25, -0.2) is 0 Å². The second-order valence-electron chi connectivity index (χ2n) is 7.14. The van der Waals surface area contributed by atoms with E-state index in [2.05, 4.69) is 42.0 Å². The van der Waals surface area contributed by atoms with Crippen LogP contribution in [0.2, 0.25) is 0 Å². The fraction of sp³-hybridized carbons (Fsp3) is 0.429. The highest BCUT2D eigenvalue weighted by molar-refractivity contribution is 8.26. The van der Waals surface area contributed by atoms with Gasteiger partial charge < -0.3 is 4.57 Å². The number of hydrogen-bond donors (Lipinski definition) is 0. The summed E-state index contributed by atoms with van der Waals surface area (Å²) in [7, 11) is 0. The molecule has 1 saturated carbocycles. The van der Waals surface area contributed by atoms with Crippen molar-refractivity contribution in [1.29, 1.82) is 0 Å². The fourth-order valence-electron chi connectivity index (χ4n) is 4.09. The minimum atomic E-state index is 0.0965. The molecule has 1 aliphatic carbocycles. The Labute approximate surface area is 164 Å². The summed E-state index contributed by atoms with van der Waals surface area (Å²) in [6.07, 6.45) is 11.1. The highest BCUT2D eigenvalue weighted by Crippen LogP contribution is 2.38. The third kappa shape index (κ3) is 3.23. The number of aryl methyl sites for hydroxylation is 1. The standard InChI is InChI=1S/C21H24N2OS2/c1-2-12-22-14-15(17-10-6-7-11-18(17)22)13-19-20(24)23(21(25)26-19)16-8-4-3-5-9-16/h6-7,10-11,13-14,16H,2-5,8-9,12H2,1H3/b19-13+. The number of aromatic nitrogens is 1. The molecular formula is C21H24N2OS2. The van der Waals surface area contributed by atoms with Crippen molar-refractivity contribution in [3.05, 3.63) is 40.9 Å². The van der Waals surface area contributed by atoms with E-state index in [1.165, 1.54) is 41.9 Å². The van der Waals surface area contributed by atoms with Gasteiger partial charge in [-0.05, 0) is 31.4 Å². The normalized spacial score (nSPS) is 20.7. The molecule has 4 rings (SSSR count). The van der Waals surface area contributed by atoms with E-state index in [9.17, 15) is 4.79 Å². The van der Waals surface area contributed by atoms with Crippen molar-refractivity contribution in [1.82, 2.24) is 9.47 Å². The molecule has 0 unspecified atom stereocenters. The highest BCUT2D eigenvalue weighted by atomic mass is 32.2. The van der Waals surface area contributed by atoms with E-state index in [0.717, 1.165) is 40.6 Å². The van der Waals surface area contributed by atoms with Gasteiger partial charge in [0.1, 0.15) is 4.32 Å². The Hall–Kier alpha value is -1.59. The molecule has 2 heterocycles. The third-order valence-electron chi connectivity index (χ3n) is 5.33. The number of carbonyl (C=O) groups is 1. The molecule has 1 saturated heterocycles. The lowest BCUT2D eigenvalue weighted by molar-refractivity contribution is -0.124. The van der Waals surface area contributed by atoms with Gasteiger partial charge in [-0.2, -0.15) is 0 Å². The van der Waals surface area contributed by atoms with Gasteiger partial charge in [0.05, 0.1) is 4.91 Å². The number of rotatable bonds is 4. The number of nitrogens with zero attached hydrogens (tertiary/aromatic N) is 2. The summed E-state index contributed by atoms with van der Waals surface area (Å²) in [6, 6.07) is 8.71. The molecule has 1 aromatic heterocycles. The van der Waals surface area contributed by atoms with Crippen LogP contribution < -0.4 is 0 Å². The van der Waals surface area contributed by atoms with Crippen molar-refractivity contribution in [2.45, 2.75) is 58.0 Å². The first-order valence-corrected chi connectivity index (χ1v) is 10.8. The first-order chi connectivity index (χ1) is 12.7. The molecule has 1 amide bonds. The van der Waals surface area contributed by atoms with Crippen LogP contribution in [-0.2, 0) is 11.3 Å². The Morgan fingerprint density at radius 3 is 2.77 bits per heavy atom. The van der Waals surface area contributed by atoms with E-state index in [0.29, 0.717) is 6.04 Å². The number of amides is 1. The number of carbonyl (C=O) groups excluding carboxylic acids is 1. The quantitative estimate of drug-likeness (QED) is 0.508. The Morgan fingerprint density at radius 1 is 1.23 bits per heavy atom. The summed E-state index contributed by atoms with van der Waals surface area (Å²) in [5, 5.41) is 1.20. The van der Waals surface area contributed by atoms with E-state index in [1.807, 2.05) is 11.0 Å². The molecule has 0 radical (unpaired) electrons. The monoisotopic (exact) mass is 384 g/mol. The maximum absolute atomic E-state index is 13.0. The summed E-state index contributed by atoms with van der Waals surface area (Å²) in [5.41, 5.74) is 2.33. The van der Waals surface area contributed by atoms with Crippen LogP contribution in [0.3, 0.4) is 0 Å². The predicted molar refractivity (Wildman–Crippen MR) is 114 cm³/mol. The molecule has 136 valence electrons. The summed E-state index contributed by atoms with van der Waals surface area (Å²) >= 11 is 7.02. The van der Waals surface area contributed by atoms with Crippen LogP contribution >= 0.6 is 24.0 Å². The van der Waals surface area contributed by atoms with Crippen LogP contribution in [0.25, 0.3) is 17.0 Å². The van der Waals surface area contributed by atoms with Gasteiger partial charge >= 0.3 is 0 Å². The van der Waals surface area contributed by atoms with Crippen LogP contribution in [0.4, 0.5) is 0 Å². The van der Waals surface area contributed by atoms with E-state index in [4.69, 9.17) is 12.2 Å². The van der Waals surface area contributed by atoms with Crippen molar-refractivity contribution < 1.29 is 4.79 Å². The van der Waals surface area contributed by atoms with Crippen molar-refractivity contribution in [2.75, 3.05) is 0 Å². The zero-order valence-electron chi connectivity index (χ0n) is 15.1. The Morgan fingerprint density at radius 2 is 2.00 bits per heavy atom. The minimum absolute atomic E-state index is 0.0965. The maximum atomic E-state index is 13.0. The lowest BCUT2D eigenvalue weighted by atomic mass is 9.94. The molecule has 2 fully saturated rings. The van der Waals surface area contributed by atoms with Gasteiger partial charge in [-0.3, -0.25) is 9.69 Å². The third-order valence-corrected chi connectivity index (χ3v) is 6.66. The number of para-hydroxylation sites is 1. The molecule has 5 heteroatoms. The Balaban J connectivity index is 1.67. The minimum Gasteiger partial charge on any atom is -0.347 e. The van der Waals surface area contributed by atoms with Gasteiger partial charge in [-0.15, -0.1) is 0 Å². The summed E-state index contributed by atoms with van der Waals surface area (Å²) in [4.78, 5) is 15.7. The molecule has 1 aromatic carbocycles. The second kappa shape index (κ2) is 7.57. The molecule has 26 heavy (non-hydrogen) atoms. The smallest absolute Gasteiger partial charge is 0.266 e. The molecule has 0 N–H and O–H groups in total. The van der Waals surface area contributed by atoms with Crippen LogP contribution in [0.1, 0.15) is 51.0 Å². The zero-order chi connectivity index (χ0) is 18.1. The largest absolute Gasteiger partial charge is 0.347 e. The second-order valence-corrected chi connectivity index (χ2v) is 8.81. The van der Waals surface area contributed by atoms with Crippen LogP contribution in [0, 0.1) is 0 Å². The molecule has 2 aliphatic rings.